The van der Waals surface area contributed by atoms with Crippen LogP contribution < -0.4 is 5.32 Å². The van der Waals surface area contributed by atoms with Crippen molar-refractivity contribution >= 4 is 50.4 Å². The Labute approximate surface area is 176 Å². The van der Waals surface area contributed by atoms with E-state index in [4.69, 9.17) is 11.6 Å². The van der Waals surface area contributed by atoms with Crippen molar-refractivity contribution in [2.75, 3.05) is 0 Å². The first kappa shape index (κ1) is 18.8. The molecule has 0 bridgehead atoms. The van der Waals surface area contributed by atoms with Crippen LogP contribution in [-0.2, 0) is 11.3 Å². The van der Waals surface area contributed by atoms with Crippen LogP contribution in [0.15, 0.2) is 58.7 Å². The summed E-state index contributed by atoms with van der Waals surface area (Å²) in [4.78, 5) is 12.3. The van der Waals surface area contributed by atoms with Crippen LogP contribution >= 0.6 is 27.5 Å². The normalized spacial score (nSPS) is 14.1. The smallest absolute Gasteiger partial charge is 0.262 e. The number of fused-ring (bicyclic) bond motifs is 1. The highest BCUT2D eigenvalue weighted by molar-refractivity contribution is 9.10. The van der Waals surface area contributed by atoms with Crippen LogP contribution in [-0.4, -0.2) is 16.5 Å². The van der Waals surface area contributed by atoms with Gasteiger partial charge in [0.05, 0.1) is 0 Å². The van der Waals surface area contributed by atoms with Crippen LogP contribution in [0.4, 0.5) is 0 Å². The molecular weight excluding hydrogens is 438 g/mol. The zero-order valence-electron chi connectivity index (χ0n) is 15.0. The van der Waals surface area contributed by atoms with Gasteiger partial charge in [-0.2, -0.15) is 5.26 Å². The summed E-state index contributed by atoms with van der Waals surface area (Å²) in [7, 11) is 0. The summed E-state index contributed by atoms with van der Waals surface area (Å²) in [5, 5.41) is 14.0. The van der Waals surface area contributed by atoms with Crippen molar-refractivity contribution in [1.82, 2.24) is 9.88 Å². The number of nitriles is 1. The molecule has 3 aromatic rings. The Hall–Kier alpha value is -2.55. The fraction of sp³-hybridized carbons (Fsp3) is 0.182. The van der Waals surface area contributed by atoms with E-state index in [0.717, 1.165) is 39.3 Å². The first-order valence-electron chi connectivity index (χ1n) is 8.99. The number of hydrogen-bond acceptors (Lipinski definition) is 2. The number of amides is 1. The summed E-state index contributed by atoms with van der Waals surface area (Å²) in [6.07, 6.45) is 5.62. The summed E-state index contributed by atoms with van der Waals surface area (Å²) >= 11 is 9.50. The van der Waals surface area contributed by atoms with E-state index in [0.29, 0.717) is 11.6 Å². The number of aromatic nitrogens is 1. The van der Waals surface area contributed by atoms with Crippen LogP contribution in [0.3, 0.4) is 0 Å². The Bertz CT molecular complexity index is 1120. The molecule has 2 aromatic carbocycles. The molecule has 0 saturated heterocycles. The molecule has 0 spiro atoms. The van der Waals surface area contributed by atoms with Crippen molar-refractivity contribution in [3.8, 4) is 6.07 Å². The molecule has 6 heteroatoms. The fourth-order valence-electron chi connectivity index (χ4n) is 3.12. The minimum Gasteiger partial charge on any atom is -0.349 e. The van der Waals surface area contributed by atoms with Gasteiger partial charge >= 0.3 is 0 Å². The average Bonchev–Trinajstić information content (AvgIpc) is 3.43. The number of nitrogens with zero attached hydrogens (tertiary/aromatic N) is 2. The van der Waals surface area contributed by atoms with Crippen molar-refractivity contribution < 1.29 is 4.79 Å². The minimum atomic E-state index is -0.307. The molecule has 1 aromatic heterocycles. The van der Waals surface area contributed by atoms with E-state index < -0.39 is 0 Å². The molecular formula is C22H17BrClN3O. The van der Waals surface area contributed by atoms with Crippen LogP contribution in [0.5, 0.6) is 0 Å². The number of benzene rings is 2. The van der Waals surface area contributed by atoms with Gasteiger partial charge in [0.2, 0.25) is 0 Å². The SMILES string of the molecule is N#C/C(=C\c1cn(Cc2ccc(Cl)cc2)c2ccc(Br)cc12)C(=O)NC1CC1. The minimum absolute atomic E-state index is 0.123. The van der Waals surface area contributed by atoms with Gasteiger partial charge in [-0.1, -0.05) is 39.7 Å². The molecule has 4 nitrogen and oxygen atoms in total. The van der Waals surface area contributed by atoms with Gasteiger partial charge in [0.15, 0.2) is 0 Å². The van der Waals surface area contributed by atoms with Crippen LogP contribution in [0.1, 0.15) is 24.0 Å². The Morgan fingerprint density at radius 2 is 2.04 bits per heavy atom. The lowest BCUT2D eigenvalue weighted by Gasteiger charge is -2.06. The third-order valence-electron chi connectivity index (χ3n) is 4.72. The monoisotopic (exact) mass is 453 g/mol. The first-order valence-corrected chi connectivity index (χ1v) is 10.2. The molecule has 1 heterocycles. The predicted molar refractivity (Wildman–Crippen MR) is 115 cm³/mol. The topological polar surface area (TPSA) is 57.8 Å². The van der Waals surface area contributed by atoms with E-state index in [1.165, 1.54) is 0 Å². The van der Waals surface area contributed by atoms with Gasteiger partial charge in [0.25, 0.3) is 5.91 Å². The highest BCUT2D eigenvalue weighted by atomic mass is 79.9. The molecule has 1 amide bonds. The molecule has 0 radical (unpaired) electrons. The summed E-state index contributed by atoms with van der Waals surface area (Å²) in [5.41, 5.74) is 3.11. The molecule has 140 valence electrons. The number of carbonyl (C=O) groups is 1. The van der Waals surface area contributed by atoms with E-state index in [1.54, 1.807) is 6.08 Å². The lowest BCUT2D eigenvalue weighted by Crippen LogP contribution is -2.26. The second kappa shape index (κ2) is 7.83. The zero-order chi connectivity index (χ0) is 19.7. The van der Waals surface area contributed by atoms with Crippen LogP contribution in [0, 0.1) is 11.3 Å². The summed E-state index contributed by atoms with van der Waals surface area (Å²) in [5.74, 6) is -0.307. The fourth-order valence-corrected chi connectivity index (χ4v) is 3.61. The highest BCUT2D eigenvalue weighted by Gasteiger charge is 2.25. The lowest BCUT2D eigenvalue weighted by atomic mass is 10.1. The van der Waals surface area contributed by atoms with Gasteiger partial charge in [-0.05, 0) is 54.8 Å². The predicted octanol–water partition coefficient (Wildman–Crippen LogP) is 5.29. The number of halogens is 2. The van der Waals surface area contributed by atoms with Crippen molar-refractivity contribution in [3.05, 3.63) is 74.9 Å². The van der Waals surface area contributed by atoms with Crippen molar-refractivity contribution in [2.24, 2.45) is 0 Å². The van der Waals surface area contributed by atoms with E-state index in [9.17, 15) is 10.1 Å². The van der Waals surface area contributed by atoms with Gasteiger partial charge < -0.3 is 9.88 Å². The van der Waals surface area contributed by atoms with Crippen LogP contribution in [0.25, 0.3) is 17.0 Å². The Kier molecular flexibility index (Phi) is 5.25. The Morgan fingerprint density at radius 1 is 1.29 bits per heavy atom. The molecule has 1 aliphatic rings. The number of rotatable bonds is 5. The molecule has 1 fully saturated rings. The van der Waals surface area contributed by atoms with Gasteiger partial charge in [0.1, 0.15) is 11.6 Å². The maximum Gasteiger partial charge on any atom is 0.262 e. The summed E-state index contributed by atoms with van der Waals surface area (Å²) < 4.78 is 3.06. The van der Waals surface area contributed by atoms with Gasteiger partial charge in [-0.3, -0.25) is 4.79 Å². The van der Waals surface area contributed by atoms with E-state index in [2.05, 4.69) is 25.8 Å². The number of nitrogens with one attached hydrogen (secondary N) is 1. The number of carbonyl (C=O) groups excluding carboxylic acids is 1. The number of hydrogen-bond donors (Lipinski definition) is 1. The quantitative estimate of drug-likeness (QED) is 0.420. The maximum atomic E-state index is 12.3. The zero-order valence-corrected chi connectivity index (χ0v) is 17.3. The van der Waals surface area contributed by atoms with Gasteiger partial charge in [-0.15, -0.1) is 0 Å². The average molecular weight is 455 g/mol. The molecule has 1 saturated carbocycles. The van der Waals surface area contributed by atoms with Crippen molar-refractivity contribution in [3.63, 3.8) is 0 Å². The Balaban J connectivity index is 1.74. The lowest BCUT2D eigenvalue weighted by molar-refractivity contribution is -0.117. The van der Waals surface area contributed by atoms with Gasteiger partial charge in [-0.25, -0.2) is 0 Å². The Morgan fingerprint density at radius 3 is 2.71 bits per heavy atom. The standard InChI is InChI=1S/C22H17BrClN3O/c23-17-3-8-21-20(10-17)16(9-15(11-25)22(28)26-19-6-7-19)13-27(21)12-14-1-4-18(24)5-2-14/h1-5,8-10,13,19H,6-7,12H2,(H,26,28)/b15-9+. The first-order chi connectivity index (χ1) is 13.5. The van der Waals surface area contributed by atoms with Gasteiger partial charge in [0, 0.05) is 44.7 Å². The highest BCUT2D eigenvalue weighted by Crippen LogP contribution is 2.28. The van der Waals surface area contributed by atoms with E-state index in [1.807, 2.05) is 54.7 Å². The molecule has 0 unspecified atom stereocenters. The van der Waals surface area contributed by atoms with Crippen molar-refractivity contribution in [1.29, 1.82) is 5.26 Å². The molecule has 28 heavy (non-hydrogen) atoms. The third-order valence-corrected chi connectivity index (χ3v) is 5.46. The molecule has 1 aliphatic carbocycles. The second-order valence-electron chi connectivity index (χ2n) is 6.92. The summed E-state index contributed by atoms with van der Waals surface area (Å²) in [6.45, 7) is 0.666. The molecule has 0 aliphatic heterocycles. The van der Waals surface area contributed by atoms with Crippen molar-refractivity contribution in [2.45, 2.75) is 25.4 Å². The summed E-state index contributed by atoms with van der Waals surface area (Å²) in [6, 6.07) is 16.0. The molecule has 0 atom stereocenters. The van der Waals surface area contributed by atoms with Crippen LogP contribution in [0.2, 0.25) is 5.02 Å². The van der Waals surface area contributed by atoms with E-state index >= 15 is 0 Å². The van der Waals surface area contributed by atoms with E-state index in [-0.39, 0.29) is 17.5 Å². The third kappa shape index (κ3) is 4.14. The largest absolute Gasteiger partial charge is 0.349 e. The second-order valence-corrected chi connectivity index (χ2v) is 8.27. The molecule has 4 rings (SSSR count). The molecule has 1 N–H and O–H groups in total. The maximum absolute atomic E-state index is 12.3.